The molecule has 0 spiro atoms. The van der Waals surface area contributed by atoms with Crippen molar-refractivity contribution in [3.63, 3.8) is 0 Å². The van der Waals surface area contributed by atoms with E-state index in [2.05, 4.69) is 0 Å². The first kappa shape index (κ1) is 17.6. The zero-order chi connectivity index (χ0) is 18.0. The summed E-state index contributed by atoms with van der Waals surface area (Å²) in [5.41, 5.74) is 1.32. The highest BCUT2D eigenvalue weighted by molar-refractivity contribution is 7.14. The molecule has 0 radical (unpaired) electrons. The predicted molar refractivity (Wildman–Crippen MR) is 94.0 cm³/mol. The molecule has 0 fully saturated rings. The van der Waals surface area contributed by atoms with Crippen LogP contribution in [0.2, 0.25) is 5.02 Å². The molecule has 132 valence electrons. The summed E-state index contributed by atoms with van der Waals surface area (Å²) >= 11 is 7.33. The number of carboxylic acid groups (broad SMARTS) is 1. The molecular weight excluding hydrogens is 366 g/mol. The Labute approximate surface area is 153 Å². The number of nitrogens with zero attached hydrogens (tertiary/aromatic N) is 1. The van der Waals surface area contributed by atoms with Crippen LogP contribution in [0.15, 0.2) is 24.3 Å². The molecule has 0 bridgehead atoms. The molecule has 1 aromatic carbocycles. The monoisotopic (exact) mass is 381 g/mol. The molecule has 0 saturated carbocycles. The number of methoxy groups -OCH3 is 1. The van der Waals surface area contributed by atoms with Gasteiger partial charge in [-0.05, 0) is 42.7 Å². The molecule has 3 rings (SSSR count). The lowest BCUT2D eigenvalue weighted by Crippen LogP contribution is -2.31. The van der Waals surface area contributed by atoms with Crippen LogP contribution in [0.4, 0.5) is 4.79 Å². The zero-order valence-corrected chi connectivity index (χ0v) is 15.0. The lowest BCUT2D eigenvalue weighted by Gasteiger charge is -2.21. The first-order chi connectivity index (χ1) is 12.0. The van der Waals surface area contributed by atoms with Crippen molar-refractivity contribution in [2.24, 2.45) is 0 Å². The second kappa shape index (κ2) is 7.33. The Morgan fingerprint density at radius 1 is 1.32 bits per heavy atom. The van der Waals surface area contributed by atoms with Crippen molar-refractivity contribution in [2.75, 3.05) is 13.7 Å². The van der Waals surface area contributed by atoms with Gasteiger partial charge in [-0.15, -0.1) is 11.3 Å². The lowest BCUT2D eigenvalue weighted by molar-refractivity contribution is 0.0742. The Balaban J connectivity index is 1.86. The molecule has 0 atom stereocenters. The SMILES string of the molecule is COc1ccc(Cl)cc1C(=O)N1CCCc2sc(OC(=O)O)cc2C1. The van der Waals surface area contributed by atoms with Crippen molar-refractivity contribution < 1.29 is 24.2 Å². The quantitative estimate of drug-likeness (QED) is 0.811. The Kier molecular flexibility index (Phi) is 5.15. The highest BCUT2D eigenvalue weighted by Crippen LogP contribution is 2.34. The number of carbonyl (C=O) groups excluding carboxylic acids is 1. The Morgan fingerprint density at radius 3 is 2.84 bits per heavy atom. The van der Waals surface area contributed by atoms with Gasteiger partial charge in [-0.2, -0.15) is 0 Å². The van der Waals surface area contributed by atoms with Crippen LogP contribution in [-0.4, -0.2) is 35.7 Å². The second-order valence-corrected chi connectivity index (χ2v) is 7.09. The maximum absolute atomic E-state index is 12.9. The van der Waals surface area contributed by atoms with E-state index in [4.69, 9.17) is 26.2 Å². The maximum Gasteiger partial charge on any atom is 0.512 e. The molecular formula is C17H16ClNO5S. The largest absolute Gasteiger partial charge is 0.512 e. The van der Waals surface area contributed by atoms with Crippen molar-refractivity contribution in [1.29, 1.82) is 0 Å². The number of ether oxygens (including phenoxy) is 2. The molecule has 2 heterocycles. The van der Waals surface area contributed by atoms with E-state index in [-0.39, 0.29) is 5.91 Å². The number of carbonyl (C=O) groups is 2. The van der Waals surface area contributed by atoms with Gasteiger partial charge in [-0.1, -0.05) is 11.6 Å². The van der Waals surface area contributed by atoms with Crippen molar-refractivity contribution >= 4 is 35.0 Å². The molecule has 1 N–H and O–H groups in total. The van der Waals surface area contributed by atoms with E-state index in [1.807, 2.05) is 0 Å². The summed E-state index contributed by atoms with van der Waals surface area (Å²) < 4.78 is 10.0. The number of amides is 1. The topological polar surface area (TPSA) is 76.1 Å². The van der Waals surface area contributed by atoms with Crippen LogP contribution < -0.4 is 9.47 Å². The molecule has 0 saturated heterocycles. The van der Waals surface area contributed by atoms with Gasteiger partial charge in [0.25, 0.3) is 5.91 Å². The third kappa shape index (κ3) is 3.88. The van der Waals surface area contributed by atoms with Gasteiger partial charge < -0.3 is 19.5 Å². The number of halogens is 1. The highest BCUT2D eigenvalue weighted by Gasteiger charge is 2.25. The first-order valence-electron chi connectivity index (χ1n) is 7.63. The number of rotatable bonds is 3. The van der Waals surface area contributed by atoms with E-state index in [1.54, 1.807) is 29.2 Å². The number of hydrogen-bond donors (Lipinski definition) is 1. The smallest absolute Gasteiger partial charge is 0.496 e. The van der Waals surface area contributed by atoms with Gasteiger partial charge in [0, 0.05) is 23.0 Å². The third-order valence-electron chi connectivity index (χ3n) is 3.93. The standard InChI is InChI=1S/C17H16ClNO5S/c1-23-13-5-4-11(18)8-12(13)16(20)19-6-2-3-14-10(9-19)7-15(25-14)24-17(21)22/h4-5,7-8H,2-3,6,9H2,1H3,(H,21,22). The molecule has 6 nitrogen and oxygen atoms in total. The number of aryl methyl sites for hydroxylation is 1. The summed E-state index contributed by atoms with van der Waals surface area (Å²) in [6, 6.07) is 6.63. The van der Waals surface area contributed by atoms with Crippen LogP contribution in [0, 0.1) is 0 Å². The van der Waals surface area contributed by atoms with Crippen LogP contribution in [-0.2, 0) is 13.0 Å². The summed E-state index contributed by atoms with van der Waals surface area (Å²) in [5, 5.41) is 9.54. The van der Waals surface area contributed by atoms with E-state index >= 15 is 0 Å². The van der Waals surface area contributed by atoms with Gasteiger partial charge in [0.05, 0.1) is 12.7 Å². The van der Waals surface area contributed by atoms with Gasteiger partial charge in [-0.3, -0.25) is 4.79 Å². The van der Waals surface area contributed by atoms with Gasteiger partial charge in [0.15, 0.2) is 5.06 Å². The summed E-state index contributed by atoms with van der Waals surface area (Å²) in [7, 11) is 1.51. The van der Waals surface area contributed by atoms with Crippen LogP contribution >= 0.6 is 22.9 Å². The minimum Gasteiger partial charge on any atom is -0.496 e. The maximum atomic E-state index is 12.9. The Morgan fingerprint density at radius 2 is 2.12 bits per heavy atom. The van der Waals surface area contributed by atoms with Crippen molar-refractivity contribution in [2.45, 2.75) is 19.4 Å². The molecule has 1 amide bonds. The molecule has 8 heteroatoms. The van der Waals surface area contributed by atoms with Crippen molar-refractivity contribution in [3.05, 3.63) is 45.3 Å². The van der Waals surface area contributed by atoms with Crippen molar-refractivity contribution in [3.8, 4) is 10.8 Å². The van der Waals surface area contributed by atoms with Crippen LogP contribution in [0.3, 0.4) is 0 Å². The first-order valence-corrected chi connectivity index (χ1v) is 8.82. The number of fused-ring (bicyclic) bond motifs is 1. The Bertz CT molecular complexity index is 819. The number of benzene rings is 1. The molecule has 25 heavy (non-hydrogen) atoms. The van der Waals surface area contributed by atoms with E-state index in [0.717, 1.165) is 23.3 Å². The number of thiophene rings is 1. The molecule has 1 aliphatic heterocycles. The minimum absolute atomic E-state index is 0.167. The fourth-order valence-electron chi connectivity index (χ4n) is 2.83. The average molecular weight is 382 g/mol. The summed E-state index contributed by atoms with van der Waals surface area (Å²) in [6.07, 6.45) is 0.224. The molecule has 2 aromatic rings. The van der Waals surface area contributed by atoms with Gasteiger partial charge in [0.1, 0.15) is 5.75 Å². The van der Waals surface area contributed by atoms with Crippen LogP contribution in [0.25, 0.3) is 0 Å². The average Bonchev–Trinajstić information content (AvgIpc) is 2.82. The predicted octanol–water partition coefficient (Wildman–Crippen LogP) is 4.06. The lowest BCUT2D eigenvalue weighted by atomic mass is 10.1. The molecule has 0 aliphatic carbocycles. The molecule has 0 unspecified atom stereocenters. The normalized spacial score (nSPS) is 13.8. The minimum atomic E-state index is -1.34. The summed E-state index contributed by atoms with van der Waals surface area (Å²) in [4.78, 5) is 26.4. The summed E-state index contributed by atoms with van der Waals surface area (Å²) in [5.74, 6) is 0.304. The van der Waals surface area contributed by atoms with E-state index in [9.17, 15) is 9.59 Å². The highest BCUT2D eigenvalue weighted by atomic mass is 35.5. The zero-order valence-electron chi connectivity index (χ0n) is 13.5. The van der Waals surface area contributed by atoms with E-state index < -0.39 is 6.16 Å². The Hall–Kier alpha value is -2.25. The third-order valence-corrected chi connectivity index (χ3v) is 5.28. The second-order valence-electron chi connectivity index (χ2n) is 5.56. The van der Waals surface area contributed by atoms with Crippen LogP contribution in [0.5, 0.6) is 10.8 Å². The van der Waals surface area contributed by atoms with Gasteiger partial charge in [0.2, 0.25) is 0 Å². The molecule has 1 aliphatic rings. The van der Waals surface area contributed by atoms with Crippen molar-refractivity contribution in [1.82, 2.24) is 4.90 Å². The van der Waals surface area contributed by atoms with Gasteiger partial charge >= 0.3 is 6.16 Å². The molecule has 1 aromatic heterocycles. The fourth-order valence-corrected chi connectivity index (χ4v) is 4.06. The van der Waals surface area contributed by atoms with Gasteiger partial charge in [-0.25, -0.2) is 4.79 Å². The number of hydrogen-bond acceptors (Lipinski definition) is 5. The van der Waals surface area contributed by atoms with E-state index in [0.29, 0.717) is 34.5 Å². The van der Waals surface area contributed by atoms with E-state index in [1.165, 1.54) is 18.4 Å². The summed E-state index contributed by atoms with van der Waals surface area (Å²) in [6.45, 7) is 0.994. The fraction of sp³-hybridized carbons (Fsp3) is 0.294. The van der Waals surface area contributed by atoms with Crippen LogP contribution in [0.1, 0.15) is 27.2 Å².